The average molecular weight is 273 g/mol. The Hall–Kier alpha value is -1.02. The highest BCUT2D eigenvalue weighted by atomic mass is 16.5. The lowest BCUT2D eigenvalue weighted by atomic mass is 9.54. The molecule has 110 valence electrons. The molecule has 0 spiro atoms. The summed E-state index contributed by atoms with van der Waals surface area (Å²) in [7, 11) is 3.91. The van der Waals surface area contributed by atoms with Gasteiger partial charge in [0.15, 0.2) is 0 Å². The van der Waals surface area contributed by atoms with Crippen LogP contribution in [-0.4, -0.2) is 20.2 Å². The summed E-state index contributed by atoms with van der Waals surface area (Å²) in [6, 6.07) is 7.37. The molecule has 0 saturated heterocycles. The molecule has 3 unspecified atom stereocenters. The zero-order chi connectivity index (χ0) is 14.2. The molecule has 0 radical (unpaired) electrons. The third-order valence-electron chi connectivity index (χ3n) is 5.88. The van der Waals surface area contributed by atoms with Crippen LogP contribution in [0.15, 0.2) is 18.2 Å². The molecule has 2 nitrogen and oxygen atoms in total. The molecule has 1 aromatic carbocycles. The van der Waals surface area contributed by atoms with Crippen LogP contribution in [0.1, 0.15) is 50.2 Å². The first-order valence-corrected chi connectivity index (χ1v) is 8.10. The van der Waals surface area contributed by atoms with Crippen molar-refractivity contribution in [1.29, 1.82) is 0 Å². The maximum Gasteiger partial charge on any atom is 0.119 e. The van der Waals surface area contributed by atoms with Gasteiger partial charge in [0, 0.05) is 6.04 Å². The second-order valence-corrected chi connectivity index (χ2v) is 6.48. The molecule has 0 amide bonds. The quantitative estimate of drug-likeness (QED) is 0.907. The number of hydrogen-bond acceptors (Lipinski definition) is 2. The van der Waals surface area contributed by atoms with Crippen molar-refractivity contribution >= 4 is 0 Å². The molecule has 0 heterocycles. The summed E-state index contributed by atoms with van der Waals surface area (Å²) < 4.78 is 5.49. The third-order valence-corrected chi connectivity index (χ3v) is 5.88. The molecule has 0 aromatic heterocycles. The van der Waals surface area contributed by atoms with Gasteiger partial charge in [-0.15, -0.1) is 0 Å². The number of hydrogen-bond donors (Lipinski definition) is 1. The lowest BCUT2D eigenvalue weighted by Gasteiger charge is -2.52. The molecule has 20 heavy (non-hydrogen) atoms. The molecule has 2 heteroatoms. The molecule has 2 aliphatic rings. The van der Waals surface area contributed by atoms with Crippen LogP contribution >= 0.6 is 0 Å². The molecule has 0 aliphatic heterocycles. The third kappa shape index (κ3) is 1.96. The SMILES string of the molecule is CCC12CCCCC1C(NC)Cc1ccc(OC)cc12. The Morgan fingerprint density at radius 1 is 1.35 bits per heavy atom. The second-order valence-electron chi connectivity index (χ2n) is 6.48. The molecule has 3 rings (SSSR count). The molecule has 1 saturated carbocycles. The van der Waals surface area contributed by atoms with Crippen LogP contribution in [0.4, 0.5) is 0 Å². The number of ether oxygens (including phenoxy) is 1. The summed E-state index contributed by atoms with van der Waals surface area (Å²) >= 11 is 0. The molecular formula is C18H27NO. The van der Waals surface area contributed by atoms with Gasteiger partial charge < -0.3 is 10.1 Å². The normalized spacial score (nSPS) is 32.4. The molecule has 3 atom stereocenters. The molecular weight excluding hydrogens is 246 g/mol. The number of nitrogens with one attached hydrogen (secondary N) is 1. The van der Waals surface area contributed by atoms with Gasteiger partial charge in [0.1, 0.15) is 5.75 Å². The Labute approximate surface area is 122 Å². The Morgan fingerprint density at radius 3 is 2.90 bits per heavy atom. The Morgan fingerprint density at radius 2 is 2.20 bits per heavy atom. The second kappa shape index (κ2) is 5.40. The van der Waals surface area contributed by atoms with Crippen LogP contribution in [0.2, 0.25) is 0 Å². The van der Waals surface area contributed by atoms with E-state index in [1.165, 1.54) is 44.1 Å². The Balaban J connectivity index is 2.13. The van der Waals surface area contributed by atoms with Crippen LogP contribution in [-0.2, 0) is 11.8 Å². The van der Waals surface area contributed by atoms with Crippen LogP contribution in [0.5, 0.6) is 5.75 Å². The molecule has 1 fully saturated rings. The highest BCUT2D eigenvalue weighted by Gasteiger charge is 2.48. The topological polar surface area (TPSA) is 21.3 Å². The van der Waals surface area contributed by atoms with E-state index in [0.29, 0.717) is 11.5 Å². The van der Waals surface area contributed by atoms with Gasteiger partial charge in [-0.05, 0) is 67.3 Å². The summed E-state index contributed by atoms with van der Waals surface area (Å²) in [6.45, 7) is 2.37. The highest BCUT2D eigenvalue weighted by Crippen LogP contribution is 2.52. The summed E-state index contributed by atoms with van der Waals surface area (Å²) in [6.07, 6.45) is 7.89. The lowest BCUT2D eigenvalue weighted by molar-refractivity contribution is 0.120. The van der Waals surface area contributed by atoms with Crippen LogP contribution in [0, 0.1) is 5.92 Å². The molecule has 0 bridgehead atoms. The van der Waals surface area contributed by atoms with Gasteiger partial charge in [-0.25, -0.2) is 0 Å². The summed E-state index contributed by atoms with van der Waals surface area (Å²) in [5.41, 5.74) is 3.48. The maximum absolute atomic E-state index is 5.49. The fourth-order valence-electron chi connectivity index (χ4n) is 4.82. The van der Waals surface area contributed by atoms with E-state index in [-0.39, 0.29) is 0 Å². The lowest BCUT2D eigenvalue weighted by Crippen LogP contribution is -2.53. The largest absolute Gasteiger partial charge is 0.497 e. The van der Waals surface area contributed by atoms with E-state index in [0.717, 1.165) is 11.7 Å². The average Bonchev–Trinajstić information content (AvgIpc) is 2.53. The van der Waals surface area contributed by atoms with Gasteiger partial charge >= 0.3 is 0 Å². The Bertz CT molecular complexity index is 484. The van der Waals surface area contributed by atoms with Crippen molar-refractivity contribution in [2.45, 2.75) is 56.9 Å². The van der Waals surface area contributed by atoms with Crippen molar-refractivity contribution in [2.24, 2.45) is 5.92 Å². The highest BCUT2D eigenvalue weighted by molar-refractivity contribution is 5.44. The fourth-order valence-corrected chi connectivity index (χ4v) is 4.82. The number of fused-ring (bicyclic) bond motifs is 3. The minimum atomic E-state index is 0.369. The Kier molecular flexibility index (Phi) is 3.76. The van der Waals surface area contributed by atoms with E-state index in [9.17, 15) is 0 Å². The van der Waals surface area contributed by atoms with Gasteiger partial charge in [-0.2, -0.15) is 0 Å². The molecule has 1 aromatic rings. The smallest absolute Gasteiger partial charge is 0.119 e. The summed E-state index contributed by atoms with van der Waals surface area (Å²) in [4.78, 5) is 0. The van der Waals surface area contributed by atoms with E-state index < -0.39 is 0 Å². The summed E-state index contributed by atoms with van der Waals surface area (Å²) in [5.74, 6) is 1.80. The standard InChI is InChI=1S/C18H27NO/c1-4-18-10-6-5-7-15(18)17(19-2)11-13-8-9-14(20-3)12-16(13)18/h8-9,12,15,17,19H,4-7,10-11H2,1-3H3. The van der Waals surface area contributed by atoms with Crippen molar-refractivity contribution < 1.29 is 4.74 Å². The predicted molar refractivity (Wildman–Crippen MR) is 83.5 cm³/mol. The van der Waals surface area contributed by atoms with Crippen LogP contribution in [0.25, 0.3) is 0 Å². The van der Waals surface area contributed by atoms with Crippen molar-refractivity contribution in [1.82, 2.24) is 5.32 Å². The van der Waals surface area contributed by atoms with E-state index in [1.54, 1.807) is 12.7 Å². The van der Waals surface area contributed by atoms with Gasteiger partial charge in [0.05, 0.1) is 7.11 Å². The van der Waals surface area contributed by atoms with Crippen LogP contribution in [0.3, 0.4) is 0 Å². The van der Waals surface area contributed by atoms with Gasteiger partial charge in [-0.3, -0.25) is 0 Å². The van der Waals surface area contributed by atoms with E-state index >= 15 is 0 Å². The maximum atomic E-state index is 5.49. The predicted octanol–water partition coefficient (Wildman–Crippen LogP) is 3.68. The fraction of sp³-hybridized carbons (Fsp3) is 0.667. The van der Waals surface area contributed by atoms with Crippen molar-refractivity contribution in [2.75, 3.05) is 14.2 Å². The molecule has 2 aliphatic carbocycles. The number of methoxy groups -OCH3 is 1. The first-order chi connectivity index (χ1) is 9.75. The van der Waals surface area contributed by atoms with E-state index in [2.05, 4.69) is 37.5 Å². The zero-order valence-electron chi connectivity index (χ0n) is 13.0. The van der Waals surface area contributed by atoms with E-state index in [4.69, 9.17) is 4.74 Å². The minimum absolute atomic E-state index is 0.369. The minimum Gasteiger partial charge on any atom is -0.497 e. The van der Waals surface area contributed by atoms with Crippen molar-refractivity contribution in [3.05, 3.63) is 29.3 Å². The number of benzene rings is 1. The first-order valence-electron chi connectivity index (χ1n) is 8.10. The van der Waals surface area contributed by atoms with Crippen LogP contribution < -0.4 is 10.1 Å². The molecule has 1 N–H and O–H groups in total. The summed E-state index contributed by atoms with van der Waals surface area (Å²) in [5, 5.41) is 3.60. The van der Waals surface area contributed by atoms with Gasteiger partial charge in [0.2, 0.25) is 0 Å². The van der Waals surface area contributed by atoms with Gasteiger partial charge in [-0.1, -0.05) is 25.8 Å². The van der Waals surface area contributed by atoms with Crippen molar-refractivity contribution in [3.8, 4) is 5.75 Å². The monoisotopic (exact) mass is 273 g/mol. The number of likely N-dealkylation sites (N-methyl/N-ethyl adjacent to an activating group) is 1. The van der Waals surface area contributed by atoms with Crippen molar-refractivity contribution in [3.63, 3.8) is 0 Å². The van der Waals surface area contributed by atoms with Gasteiger partial charge in [0.25, 0.3) is 0 Å². The number of rotatable bonds is 3. The zero-order valence-corrected chi connectivity index (χ0v) is 13.0. The first kappa shape index (κ1) is 13.9. The van der Waals surface area contributed by atoms with E-state index in [1.807, 2.05) is 0 Å².